The molecule has 0 aliphatic carbocycles. The van der Waals surface area contributed by atoms with Crippen LogP contribution in [0.5, 0.6) is 5.75 Å². The van der Waals surface area contributed by atoms with Gasteiger partial charge in [0, 0.05) is 24.1 Å². The van der Waals surface area contributed by atoms with Gasteiger partial charge in [0.2, 0.25) is 0 Å². The number of aromatic carboxylic acids is 1. The summed E-state index contributed by atoms with van der Waals surface area (Å²) in [6, 6.07) is 6.49. The summed E-state index contributed by atoms with van der Waals surface area (Å²) in [5.74, 6) is -1.60. The molecule has 0 fully saturated rings. The molecule has 0 spiro atoms. The van der Waals surface area contributed by atoms with Crippen LogP contribution in [0, 0.1) is 0 Å². The lowest BCUT2D eigenvalue weighted by atomic mass is 10.2. The lowest BCUT2D eigenvalue weighted by Gasteiger charge is -2.12. The van der Waals surface area contributed by atoms with Crippen molar-refractivity contribution >= 4 is 17.3 Å². The van der Waals surface area contributed by atoms with Gasteiger partial charge >= 0.3 is 12.3 Å². The van der Waals surface area contributed by atoms with E-state index in [4.69, 9.17) is 5.11 Å². The second kappa shape index (κ2) is 5.70. The third-order valence-electron chi connectivity index (χ3n) is 2.40. The minimum atomic E-state index is -4.79. The number of anilines is 2. The summed E-state index contributed by atoms with van der Waals surface area (Å²) in [7, 11) is 0. The van der Waals surface area contributed by atoms with Crippen molar-refractivity contribution in [2.45, 2.75) is 6.36 Å². The predicted molar refractivity (Wildman–Crippen MR) is 67.6 cm³/mol. The molecule has 21 heavy (non-hydrogen) atoms. The van der Waals surface area contributed by atoms with Crippen molar-refractivity contribution in [1.29, 1.82) is 0 Å². The van der Waals surface area contributed by atoms with Gasteiger partial charge in [-0.05, 0) is 18.2 Å². The zero-order valence-corrected chi connectivity index (χ0v) is 10.4. The van der Waals surface area contributed by atoms with Crippen LogP contribution in [0.4, 0.5) is 24.5 Å². The predicted octanol–water partition coefficient (Wildman–Crippen LogP) is 3.42. The fraction of sp³-hybridized carbons (Fsp3) is 0.0769. The van der Waals surface area contributed by atoms with Gasteiger partial charge in [-0.25, -0.2) is 4.79 Å². The van der Waals surface area contributed by atoms with Crippen molar-refractivity contribution in [3.63, 3.8) is 0 Å². The fourth-order valence-corrected chi connectivity index (χ4v) is 1.60. The minimum absolute atomic E-state index is 0.0976. The molecule has 2 N–H and O–H groups in total. The summed E-state index contributed by atoms with van der Waals surface area (Å²) < 4.78 is 40.2. The largest absolute Gasteiger partial charge is 0.573 e. The molecular formula is C13H9F3N2O3. The molecule has 0 atom stereocenters. The number of carboxylic acids is 1. The first-order chi connectivity index (χ1) is 9.85. The molecular weight excluding hydrogens is 289 g/mol. The first kappa shape index (κ1) is 14.6. The summed E-state index contributed by atoms with van der Waals surface area (Å²) in [6.45, 7) is 0. The van der Waals surface area contributed by atoms with Crippen LogP contribution in [-0.4, -0.2) is 22.4 Å². The van der Waals surface area contributed by atoms with Gasteiger partial charge in [0.1, 0.15) is 11.3 Å². The number of rotatable bonds is 4. The van der Waals surface area contributed by atoms with Crippen molar-refractivity contribution < 1.29 is 27.8 Å². The Bertz CT molecular complexity index is 659. The molecule has 1 aromatic carbocycles. The van der Waals surface area contributed by atoms with Gasteiger partial charge in [0.15, 0.2) is 0 Å². The molecule has 8 heteroatoms. The van der Waals surface area contributed by atoms with E-state index in [9.17, 15) is 18.0 Å². The van der Waals surface area contributed by atoms with Crippen LogP contribution in [0.15, 0.2) is 42.7 Å². The number of pyridine rings is 1. The molecule has 5 nitrogen and oxygen atoms in total. The smallest absolute Gasteiger partial charge is 0.478 e. The van der Waals surface area contributed by atoms with E-state index >= 15 is 0 Å². The van der Waals surface area contributed by atoms with Gasteiger partial charge < -0.3 is 15.2 Å². The zero-order valence-electron chi connectivity index (χ0n) is 10.4. The fourth-order valence-electron chi connectivity index (χ4n) is 1.60. The molecule has 0 unspecified atom stereocenters. The number of carboxylic acid groups (broad SMARTS) is 1. The van der Waals surface area contributed by atoms with Crippen molar-refractivity contribution in [3.8, 4) is 5.75 Å². The molecule has 2 rings (SSSR count). The molecule has 2 aromatic rings. The summed E-state index contributed by atoms with van der Waals surface area (Å²) in [4.78, 5) is 14.7. The lowest BCUT2D eigenvalue weighted by molar-refractivity contribution is -0.274. The molecule has 0 radical (unpaired) electrons. The average Bonchev–Trinajstić information content (AvgIpc) is 2.37. The van der Waals surface area contributed by atoms with Gasteiger partial charge in [-0.15, -0.1) is 13.2 Å². The number of ether oxygens (including phenoxy) is 1. The van der Waals surface area contributed by atoms with Gasteiger partial charge in [-0.2, -0.15) is 0 Å². The van der Waals surface area contributed by atoms with Crippen LogP contribution in [0.1, 0.15) is 10.4 Å². The number of nitrogens with zero attached hydrogens (tertiary/aromatic N) is 1. The summed E-state index contributed by atoms with van der Waals surface area (Å²) in [6.07, 6.45) is -2.28. The van der Waals surface area contributed by atoms with E-state index in [0.717, 1.165) is 18.3 Å². The number of aromatic nitrogens is 1. The SMILES string of the molecule is O=C(O)c1cnccc1Nc1cccc(OC(F)(F)F)c1. The highest BCUT2D eigenvalue weighted by Crippen LogP contribution is 2.27. The quantitative estimate of drug-likeness (QED) is 0.905. The average molecular weight is 298 g/mol. The molecule has 1 heterocycles. The highest BCUT2D eigenvalue weighted by Gasteiger charge is 2.31. The Morgan fingerprint density at radius 3 is 2.71 bits per heavy atom. The molecule has 0 aliphatic heterocycles. The molecule has 110 valence electrons. The standard InChI is InChI=1S/C13H9F3N2O3/c14-13(15,16)21-9-3-1-2-8(6-9)18-11-4-5-17-7-10(11)12(19)20/h1-7H,(H,17,18)(H,19,20). The van der Waals surface area contributed by atoms with Crippen LogP contribution in [-0.2, 0) is 0 Å². The molecule has 0 bridgehead atoms. The highest BCUT2D eigenvalue weighted by molar-refractivity contribution is 5.94. The second-order valence-electron chi connectivity index (χ2n) is 3.93. The van der Waals surface area contributed by atoms with E-state index in [1.165, 1.54) is 24.4 Å². The van der Waals surface area contributed by atoms with Crippen LogP contribution in [0.2, 0.25) is 0 Å². The van der Waals surface area contributed by atoms with Gasteiger partial charge in [-0.1, -0.05) is 6.07 Å². The maximum atomic E-state index is 12.1. The van der Waals surface area contributed by atoms with Crippen molar-refractivity contribution in [2.24, 2.45) is 0 Å². The number of halogens is 3. The van der Waals surface area contributed by atoms with Crippen LogP contribution in [0.3, 0.4) is 0 Å². The zero-order chi connectivity index (χ0) is 15.5. The normalized spacial score (nSPS) is 11.0. The topological polar surface area (TPSA) is 71.5 Å². The first-order valence-electron chi connectivity index (χ1n) is 5.65. The summed E-state index contributed by atoms with van der Waals surface area (Å²) in [5.41, 5.74) is 0.367. The number of alkyl halides is 3. The number of benzene rings is 1. The van der Waals surface area contributed by atoms with Crippen molar-refractivity contribution in [1.82, 2.24) is 4.98 Å². The maximum Gasteiger partial charge on any atom is 0.573 e. The molecule has 0 aliphatic rings. The lowest BCUT2D eigenvalue weighted by Crippen LogP contribution is -2.17. The number of nitrogens with one attached hydrogen (secondary N) is 1. The molecule has 0 amide bonds. The van der Waals surface area contributed by atoms with Gasteiger partial charge in [-0.3, -0.25) is 4.98 Å². The second-order valence-corrected chi connectivity index (χ2v) is 3.93. The monoisotopic (exact) mass is 298 g/mol. The van der Waals surface area contributed by atoms with Gasteiger partial charge in [0.05, 0.1) is 5.69 Å². The van der Waals surface area contributed by atoms with Crippen LogP contribution >= 0.6 is 0 Å². The van der Waals surface area contributed by atoms with E-state index in [1.807, 2.05) is 0 Å². The number of carbonyl (C=O) groups is 1. The Labute approximate surface area is 117 Å². The third-order valence-corrected chi connectivity index (χ3v) is 2.40. The Morgan fingerprint density at radius 2 is 2.05 bits per heavy atom. The minimum Gasteiger partial charge on any atom is -0.478 e. The van der Waals surface area contributed by atoms with E-state index < -0.39 is 18.1 Å². The van der Waals surface area contributed by atoms with Crippen LogP contribution in [0.25, 0.3) is 0 Å². The number of hydrogen-bond acceptors (Lipinski definition) is 4. The van der Waals surface area contributed by atoms with Gasteiger partial charge in [0.25, 0.3) is 0 Å². The Morgan fingerprint density at radius 1 is 1.29 bits per heavy atom. The maximum absolute atomic E-state index is 12.1. The Balaban J connectivity index is 2.25. The van der Waals surface area contributed by atoms with E-state index in [0.29, 0.717) is 0 Å². The van der Waals surface area contributed by atoms with Crippen LogP contribution < -0.4 is 10.1 Å². The summed E-state index contributed by atoms with van der Waals surface area (Å²) in [5, 5.41) is 11.7. The third kappa shape index (κ3) is 4.10. The summed E-state index contributed by atoms with van der Waals surface area (Å²) >= 11 is 0. The van der Waals surface area contributed by atoms with Crippen molar-refractivity contribution in [2.75, 3.05) is 5.32 Å². The first-order valence-corrected chi connectivity index (χ1v) is 5.65. The van der Waals surface area contributed by atoms with Crippen molar-refractivity contribution in [3.05, 3.63) is 48.3 Å². The highest BCUT2D eigenvalue weighted by atomic mass is 19.4. The molecule has 0 saturated carbocycles. The van der Waals surface area contributed by atoms with E-state index in [2.05, 4.69) is 15.0 Å². The molecule has 1 aromatic heterocycles. The molecule has 0 saturated heterocycles. The number of hydrogen-bond donors (Lipinski definition) is 2. The van der Waals surface area contributed by atoms with E-state index in [1.54, 1.807) is 0 Å². The van der Waals surface area contributed by atoms with E-state index in [-0.39, 0.29) is 16.9 Å². The Kier molecular flexibility index (Phi) is 3.97. The Hall–Kier alpha value is -2.77.